The van der Waals surface area contributed by atoms with E-state index in [1.807, 2.05) is 20.0 Å². The number of aliphatic imine (C=N–C) groups is 1. The average Bonchev–Trinajstić information content (AvgIpc) is 2.94. The second-order valence-electron chi connectivity index (χ2n) is 4.92. The summed E-state index contributed by atoms with van der Waals surface area (Å²) in [6, 6.07) is 0. The number of guanidine groups is 1. The molecule has 23 heavy (non-hydrogen) atoms. The van der Waals surface area contributed by atoms with Crippen molar-refractivity contribution in [3.8, 4) is 0 Å². The molecule has 9 heteroatoms. The fourth-order valence-electron chi connectivity index (χ4n) is 2.30. The van der Waals surface area contributed by atoms with Crippen LogP contribution in [0.2, 0.25) is 0 Å². The van der Waals surface area contributed by atoms with E-state index >= 15 is 0 Å². The van der Waals surface area contributed by atoms with Crippen LogP contribution in [0, 0.1) is 6.92 Å². The molecule has 0 spiro atoms. The molecule has 0 atom stereocenters. The summed E-state index contributed by atoms with van der Waals surface area (Å²) in [6.07, 6.45) is 1.66. The quantitative estimate of drug-likeness (QED) is 0.430. The highest BCUT2D eigenvalue weighted by atomic mass is 127. The molecule has 1 N–H and O–H groups in total. The zero-order valence-electron chi connectivity index (χ0n) is 13.7. The lowest BCUT2D eigenvalue weighted by molar-refractivity contribution is 0.0914. The van der Waals surface area contributed by atoms with E-state index in [4.69, 9.17) is 4.74 Å². The van der Waals surface area contributed by atoms with Gasteiger partial charge in [0.15, 0.2) is 5.96 Å². The number of halogens is 1. The van der Waals surface area contributed by atoms with Gasteiger partial charge in [0, 0.05) is 44.3 Å². The van der Waals surface area contributed by atoms with Gasteiger partial charge in [-0.25, -0.2) is 9.78 Å². The van der Waals surface area contributed by atoms with Crippen LogP contribution in [0.5, 0.6) is 0 Å². The van der Waals surface area contributed by atoms with Crippen LogP contribution in [0.25, 0.3) is 0 Å². The van der Waals surface area contributed by atoms with E-state index in [1.54, 1.807) is 23.3 Å². The molecule has 1 aromatic rings. The van der Waals surface area contributed by atoms with Crippen molar-refractivity contribution in [2.75, 3.05) is 39.8 Å². The minimum atomic E-state index is -0.231. The first-order chi connectivity index (χ1) is 10.6. The number of amides is 1. The van der Waals surface area contributed by atoms with Crippen LogP contribution >= 0.6 is 35.3 Å². The van der Waals surface area contributed by atoms with Gasteiger partial charge >= 0.3 is 6.09 Å². The maximum atomic E-state index is 11.7. The Balaban J connectivity index is 0.00000264. The number of rotatable bonds is 3. The monoisotopic (exact) mass is 453 g/mol. The summed E-state index contributed by atoms with van der Waals surface area (Å²) in [7, 11) is 1.78. The second kappa shape index (κ2) is 9.91. The first-order valence-electron chi connectivity index (χ1n) is 7.42. The lowest BCUT2D eigenvalue weighted by Crippen LogP contribution is -2.53. The number of piperazine rings is 1. The maximum Gasteiger partial charge on any atom is 0.409 e. The first-order valence-corrected chi connectivity index (χ1v) is 8.24. The lowest BCUT2D eigenvalue weighted by Gasteiger charge is -2.35. The summed E-state index contributed by atoms with van der Waals surface area (Å²) in [5.74, 6) is 0.856. The van der Waals surface area contributed by atoms with E-state index in [1.165, 1.54) is 4.88 Å². The fraction of sp³-hybridized carbons (Fsp3) is 0.643. The van der Waals surface area contributed by atoms with Gasteiger partial charge in [-0.05, 0) is 13.8 Å². The van der Waals surface area contributed by atoms with Gasteiger partial charge in [-0.2, -0.15) is 0 Å². The molecule has 0 unspecified atom stereocenters. The largest absolute Gasteiger partial charge is 0.450 e. The van der Waals surface area contributed by atoms with Crippen LogP contribution in [0.3, 0.4) is 0 Å². The predicted octanol–water partition coefficient (Wildman–Crippen LogP) is 1.92. The number of aryl methyl sites for hydroxylation is 1. The number of aromatic nitrogens is 1. The molecule has 1 saturated heterocycles. The zero-order chi connectivity index (χ0) is 15.9. The Kier molecular flexibility index (Phi) is 8.59. The molecule has 0 aliphatic carbocycles. The van der Waals surface area contributed by atoms with Crippen molar-refractivity contribution in [3.63, 3.8) is 0 Å². The van der Waals surface area contributed by atoms with Crippen molar-refractivity contribution in [1.29, 1.82) is 0 Å². The average molecular weight is 453 g/mol. The van der Waals surface area contributed by atoms with E-state index < -0.39 is 0 Å². The summed E-state index contributed by atoms with van der Waals surface area (Å²) < 4.78 is 5.03. The van der Waals surface area contributed by atoms with E-state index in [0.717, 1.165) is 30.6 Å². The molecule has 1 aliphatic rings. The molecular formula is C14H24IN5O2S. The van der Waals surface area contributed by atoms with Gasteiger partial charge in [-0.3, -0.25) is 4.99 Å². The predicted molar refractivity (Wildman–Crippen MR) is 103 cm³/mol. The number of hydrogen-bond donors (Lipinski definition) is 1. The summed E-state index contributed by atoms with van der Waals surface area (Å²) in [5, 5.41) is 4.41. The van der Waals surface area contributed by atoms with Crippen molar-refractivity contribution in [2.24, 2.45) is 4.99 Å². The van der Waals surface area contributed by atoms with Crippen molar-refractivity contribution in [2.45, 2.75) is 20.4 Å². The second-order valence-corrected chi connectivity index (χ2v) is 6.24. The van der Waals surface area contributed by atoms with Crippen LogP contribution in [0.4, 0.5) is 4.79 Å². The summed E-state index contributed by atoms with van der Waals surface area (Å²) >= 11 is 1.68. The number of carbonyl (C=O) groups excluding carboxylic acids is 1. The van der Waals surface area contributed by atoms with E-state index in [-0.39, 0.29) is 30.1 Å². The van der Waals surface area contributed by atoms with Crippen LogP contribution in [-0.4, -0.2) is 66.7 Å². The number of thiazole rings is 1. The number of hydrogen-bond acceptors (Lipinski definition) is 5. The fourth-order valence-corrected chi connectivity index (χ4v) is 3.04. The van der Waals surface area contributed by atoms with E-state index in [0.29, 0.717) is 19.7 Å². The van der Waals surface area contributed by atoms with Crippen LogP contribution < -0.4 is 5.32 Å². The summed E-state index contributed by atoms with van der Waals surface area (Å²) in [6.45, 7) is 7.75. The Bertz CT molecular complexity index is 529. The molecule has 7 nitrogen and oxygen atoms in total. The highest BCUT2D eigenvalue weighted by Crippen LogP contribution is 2.11. The molecule has 1 fully saturated rings. The Morgan fingerprint density at radius 3 is 2.57 bits per heavy atom. The minimum Gasteiger partial charge on any atom is -0.450 e. The Morgan fingerprint density at radius 2 is 2.04 bits per heavy atom. The molecule has 0 saturated carbocycles. The first kappa shape index (κ1) is 19.9. The smallest absolute Gasteiger partial charge is 0.409 e. The summed E-state index contributed by atoms with van der Waals surface area (Å²) in [4.78, 5) is 25.3. The van der Waals surface area contributed by atoms with Crippen molar-refractivity contribution in [3.05, 3.63) is 16.1 Å². The third-order valence-corrected chi connectivity index (χ3v) is 4.32. The van der Waals surface area contributed by atoms with Crippen LogP contribution in [0.15, 0.2) is 11.2 Å². The molecule has 0 bridgehead atoms. The highest BCUT2D eigenvalue weighted by molar-refractivity contribution is 14.0. The number of carbonyl (C=O) groups is 1. The van der Waals surface area contributed by atoms with E-state index in [9.17, 15) is 4.79 Å². The van der Waals surface area contributed by atoms with Crippen molar-refractivity contribution < 1.29 is 9.53 Å². The molecule has 1 amide bonds. The van der Waals surface area contributed by atoms with Gasteiger partial charge < -0.3 is 19.9 Å². The number of nitrogens with one attached hydrogen (secondary N) is 1. The molecule has 1 aromatic heterocycles. The van der Waals surface area contributed by atoms with Crippen molar-refractivity contribution in [1.82, 2.24) is 20.1 Å². The van der Waals surface area contributed by atoms with Gasteiger partial charge in [-0.1, -0.05) is 0 Å². The van der Waals surface area contributed by atoms with Crippen molar-refractivity contribution >= 4 is 47.4 Å². The Morgan fingerprint density at radius 1 is 1.39 bits per heavy atom. The zero-order valence-corrected chi connectivity index (χ0v) is 16.9. The SMILES string of the molecule is CCOC(=O)N1CCN(C(=NC)NCc2cnc(C)s2)CC1.I. The number of ether oxygens (including phenoxy) is 1. The molecule has 2 rings (SSSR count). The van der Waals surface area contributed by atoms with Gasteiger partial charge in [0.2, 0.25) is 0 Å². The topological polar surface area (TPSA) is 70.1 Å². The number of nitrogens with zero attached hydrogens (tertiary/aromatic N) is 4. The lowest BCUT2D eigenvalue weighted by atomic mass is 10.3. The van der Waals surface area contributed by atoms with Gasteiger partial charge in [0.1, 0.15) is 0 Å². The molecule has 1 aliphatic heterocycles. The van der Waals surface area contributed by atoms with Gasteiger partial charge in [0.05, 0.1) is 18.2 Å². The molecular weight excluding hydrogens is 429 g/mol. The third-order valence-electron chi connectivity index (χ3n) is 3.41. The molecule has 0 aromatic carbocycles. The third kappa shape index (κ3) is 5.79. The minimum absolute atomic E-state index is 0. The summed E-state index contributed by atoms with van der Waals surface area (Å²) in [5.41, 5.74) is 0. The normalized spacial score (nSPS) is 15.2. The van der Waals surface area contributed by atoms with Gasteiger partial charge in [-0.15, -0.1) is 35.3 Å². The molecule has 130 valence electrons. The maximum absolute atomic E-state index is 11.7. The standard InChI is InChI=1S/C14H23N5O2S.HI/c1-4-21-14(20)19-7-5-18(6-8-19)13(15-3)17-10-12-9-16-11(2)22-12;/h9H,4-8,10H2,1-3H3,(H,15,17);1H. The van der Waals surface area contributed by atoms with Gasteiger partial charge in [0.25, 0.3) is 0 Å². The molecule has 2 heterocycles. The van der Waals surface area contributed by atoms with E-state index in [2.05, 4.69) is 20.2 Å². The highest BCUT2D eigenvalue weighted by Gasteiger charge is 2.23. The van der Waals surface area contributed by atoms with Crippen LogP contribution in [-0.2, 0) is 11.3 Å². The Labute approximate surface area is 158 Å². The van der Waals surface area contributed by atoms with Crippen LogP contribution in [0.1, 0.15) is 16.8 Å². The molecule has 0 radical (unpaired) electrons. The Hall–Kier alpha value is -1.10.